The number of carbonyl (C=O) groups is 2. The predicted molar refractivity (Wildman–Crippen MR) is 62.3 cm³/mol. The number of amides is 1. The second kappa shape index (κ2) is 5.99. The summed E-state index contributed by atoms with van der Waals surface area (Å²) < 4.78 is 36.5. The molecule has 8 heteroatoms. The number of hydrogen-bond acceptors (Lipinski definition) is 4. The molecule has 2 aliphatic rings. The number of carbonyl (C=O) groups excluding carboxylic acids is 2. The summed E-state index contributed by atoms with van der Waals surface area (Å²) in [5.74, 6) is -2.64. The molecule has 1 aliphatic heterocycles. The Balaban J connectivity index is 1.89. The maximum absolute atomic E-state index is 12.2. The Bertz CT molecular complexity index is 381. The lowest BCUT2D eigenvalue weighted by atomic mass is 10.2. The highest BCUT2D eigenvalue weighted by Gasteiger charge is 2.45. The number of nitrogens with zero attached hydrogens (tertiary/aromatic N) is 1. The van der Waals surface area contributed by atoms with Gasteiger partial charge in [0.15, 0.2) is 0 Å². The molecule has 0 bridgehead atoms. The van der Waals surface area contributed by atoms with Gasteiger partial charge in [0.1, 0.15) is 6.04 Å². The first kappa shape index (κ1) is 15.1. The summed E-state index contributed by atoms with van der Waals surface area (Å²) in [6.07, 6.45) is -0.265. The molecule has 1 saturated heterocycles. The SMILES string of the molecule is O=C(NC1CCCC1)[C@@H]1CCCN1OC(=O)C(F)(F)F. The van der Waals surface area contributed by atoms with E-state index in [0.717, 1.165) is 30.7 Å². The van der Waals surface area contributed by atoms with Gasteiger partial charge in [-0.25, -0.2) is 4.79 Å². The summed E-state index contributed by atoms with van der Waals surface area (Å²) in [6.45, 7) is 0.143. The van der Waals surface area contributed by atoms with E-state index in [9.17, 15) is 22.8 Å². The molecular formula is C12H17F3N2O3. The molecule has 1 atom stereocenters. The molecule has 2 rings (SSSR count). The lowest BCUT2D eigenvalue weighted by Crippen LogP contribution is -2.48. The van der Waals surface area contributed by atoms with E-state index in [1.165, 1.54) is 0 Å². The van der Waals surface area contributed by atoms with Gasteiger partial charge in [0, 0.05) is 12.6 Å². The van der Waals surface area contributed by atoms with Gasteiger partial charge >= 0.3 is 12.1 Å². The molecule has 1 saturated carbocycles. The Labute approximate surface area is 114 Å². The summed E-state index contributed by atoms with van der Waals surface area (Å²) in [5, 5.41) is 3.66. The van der Waals surface area contributed by atoms with Crippen LogP contribution >= 0.6 is 0 Å². The molecule has 1 aliphatic carbocycles. The number of rotatable bonds is 3. The first-order chi connectivity index (χ1) is 9.38. The average molecular weight is 294 g/mol. The van der Waals surface area contributed by atoms with Gasteiger partial charge in [0.2, 0.25) is 5.91 Å². The van der Waals surface area contributed by atoms with E-state index in [2.05, 4.69) is 10.2 Å². The topological polar surface area (TPSA) is 58.6 Å². The zero-order valence-corrected chi connectivity index (χ0v) is 10.9. The van der Waals surface area contributed by atoms with Crippen LogP contribution in [0.25, 0.3) is 0 Å². The lowest BCUT2D eigenvalue weighted by molar-refractivity contribution is -0.240. The van der Waals surface area contributed by atoms with Gasteiger partial charge in [-0.05, 0) is 25.7 Å². The van der Waals surface area contributed by atoms with Gasteiger partial charge in [-0.15, -0.1) is 5.06 Å². The quantitative estimate of drug-likeness (QED) is 0.857. The monoisotopic (exact) mass is 294 g/mol. The predicted octanol–water partition coefficient (Wildman–Crippen LogP) is 1.53. The molecule has 5 nitrogen and oxygen atoms in total. The highest BCUT2D eigenvalue weighted by molar-refractivity contribution is 5.82. The van der Waals surface area contributed by atoms with Crippen LogP contribution in [0.3, 0.4) is 0 Å². The molecule has 20 heavy (non-hydrogen) atoms. The first-order valence-electron chi connectivity index (χ1n) is 6.74. The van der Waals surface area contributed by atoms with Crippen LogP contribution in [0.15, 0.2) is 0 Å². The maximum Gasteiger partial charge on any atom is 0.492 e. The third-order valence-corrected chi connectivity index (χ3v) is 3.64. The van der Waals surface area contributed by atoms with Gasteiger partial charge < -0.3 is 10.2 Å². The highest BCUT2D eigenvalue weighted by atomic mass is 19.4. The van der Waals surface area contributed by atoms with E-state index in [1.807, 2.05) is 0 Å². The van der Waals surface area contributed by atoms with E-state index >= 15 is 0 Å². The molecule has 1 N–H and O–H groups in total. The summed E-state index contributed by atoms with van der Waals surface area (Å²) in [7, 11) is 0. The molecule has 0 spiro atoms. The first-order valence-corrected chi connectivity index (χ1v) is 6.74. The van der Waals surface area contributed by atoms with Crippen LogP contribution in [0.2, 0.25) is 0 Å². The fourth-order valence-electron chi connectivity index (χ4n) is 2.64. The maximum atomic E-state index is 12.2. The van der Waals surface area contributed by atoms with Crippen molar-refractivity contribution in [1.82, 2.24) is 10.4 Å². The highest BCUT2D eigenvalue weighted by Crippen LogP contribution is 2.24. The van der Waals surface area contributed by atoms with Crippen LogP contribution in [0, 0.1) is 0 Å². The fourth-order valence-corrected chi connectivity index (χ4v) is 2.64. The molecule has 0 unspecified atom stereocenters. The minimum Gasteiger partial charge on any atom is -0.360 e. The summed E-state index contributed by atoms with van der Waals surface area (Å²) in [5.41, 5.74) is 0. The molecule has 0 aromatic heterocycles. The Hall–Kier alpha value is -1.31. The molecular weight excluding hydrogens is 277 g/mol. The number of hydroxylamine groups is 2. The van der Waals surface area contributed by atoms with E-state index in [1.54, 1.807) is 0 Å². The number of nitrogens with one attached hydrogen (secondary N) is 1. The minimum absolute atomic E-state index is 0.0864. The van der Waals surface area contributed by atoms with Gasteiger partial charge in [0.05, 0.1) is 0 Å². The largest absolute Gasteiger partial charge is 0.492 e. The number of halogens is 3. The molecule has 0 aromatic carbocycles. The molecule has 2 fully saturated rings. The van der Waals surface area contributed by atoms with Crippen molar-refractivity contribution in [2.24, 2.45) is 0 Å². The van der Waals surface area contributed by atoms with Crippen LogP contribution in [0.5, 0.6) is 0 Å². The zero-order valence-electron chi connectivity index (χ0n) is 10.9. The third kappa shape index (κ3) is 3.62. The zero-order chi connectivity index (χ0) is 14.8. The van der Waals surface area contributed by atoms with Crippen molar-refractivity contribution in [3.63, 3.8) is 0 Å². The Morgan fingerprint density at radius 2 is 1.75 bits per heavy atom. The second-order valence-electron chi connectivity index (χ2n) is 5.17. The molecule has 1 heterocycles. The molecule has 0 radical (unpaired) electrons. The number of hydrogen-bond donors (Lipinski definition) is 1. The van der Waals surface area contributed by atoms with E-state index in [0.29, 0.717) is 12.8 Å². The average Bonchev–Trinajstić information content (AvgIpc) is 2.98. The van der Waals surface area contributed by atoms with Crippen LogP contribution in [0.4, 0.5) is 13.2 Å². The van der Waals surface area contributed by atoms with Gasteiger partial charge in [-0.2, -0.15) is 13.2 Å². The van der Waals surface area contributed by atoms with Gasteiger partial charge in [0.25, 0.3) is 0 Å². The minimum atomic E-state index is -5.05. The van der Waals surface area contributed by atoms with E-state index < -0.39 is 18.2 Å². The molecule has 1 amide bonds. The van der Waals surface area contributed by atoms with Crippen LogP contribution in [0.1, 0.15) is 38.5 Å². The van der Waals surface area contributed by atoms with Crippen molar-refractivity contribution in [2.75, 3.05) is 6.54 Å². The van der Waals surface area contributed by atoms with Crippen molar-refractivity contribution >= 4 is 11.9 Å². The van der Waals surface area contributed by atoms with Crippen molar-refractivity contribution in [2.45, 2.75) is 56.8 Å². The molecule has 114 valence electrons. The Morgan fingerprint density at radius 1 is 1.10 bits per heavy atom. The Kier molecular flexibility index (Phi) is 4.52. The van der Waals surface area contributed by atoms with E-state index in [-0.39, 0.29) is 18.5 Å². The third-order valence-electron chi connectivity index (χ3n) is 3.64. The van der Waals surface area contributed by atoms with Crippen molar-refractivity contribution < 1.29 is 27.6 Å². The number of alkyl halides is 3. The fraction of sp³-hybridized carbons (Fsp3) is 0.833. The summed E-state index contributed by atoms with van der Waals surface area (Å²) in [6, 6.07) is -0.731. The van der Waals surface area contributed by atoms with Gasteiger partial charge in [-0.1, -0.05) is 12.8 Å². The van der Waals surface area contributed by atoms with Crippen molar-refractivity contribution in [1.29, 1.82) is 0 Å². The van der Waals surface area contributed by atoms with Gasteiger partial charge in [-0.3, -0.25) is 4.79 Å². The molecule has 0 aromatic rings. The van der Waals surface area contributed by atoms with Crippen LogP contribution in [-0.2, 0) is 14.4 Å². The van der Waals surface area contributed by atoms with Crippen molar-refractivity contribution in [3.05, 3.63) is 0 Å². The van der Waals surface area contributed by atoms with Crippen LogP contribution in [-0.4, -0.2) is 41.7 Å². The van der Waals surface area contributed by atoms with Crippen molar-refractivity contribution in [3.8, 4) is 0 Å². The lowest BCUT2D eigenvalue weighted by Gasteiger charge is -2.24. The summed E-state index contributed by atoms with van der Waals surface area (Å²) >= 11 is 0. The second-order valence-corrected chi connectivity index (χ2v) is 5.17. The standard InChI is InChI=1S/C12H17F3N2O3/c13-12(14,15)11(19)20-17-7-3-6-9(17)10(18)16-8-4-1-2-5-8/h8-9H,1-7H2,(H,16,18)/t9-/m0/s1. The van der Waals surface area contributed by atoms with Crippen LogP contribution < -0.4 is 5.32 Å². The normalized spacial score (nSPS) is 24.9. The summed E-state index contributed by atoms with van der Waals surface area (Å²) in [4.78, 5) is 27.1. The van der Waals surface area contributed by atoms with E-state index in [4.69, 9.17) is 0 Å². The Morgan fingerprint density at radius 3 is 2.35 bits per heavy atom. The smallest absolute Gasteiger partial charge is 0.360 e.